The Morgan fingerprint density at radius 3 is 2.55 bits per heavy atom. The van der Waals surface area contributed by atoms with Crippen LogP contribution < -0.4 is 24.8 Å². The first kappa shape index (κ1) is 21.8. The average molecular weight is 417 g/mol. The van der Waals surface area contributed by atoms with Crippen molar-refractivity contribution >= 4 is 28.9 Å². The van der Waals surface area contributed by atoms with Crippen LogP contribution >= 0.6 is 11.3 Å². The molecule has 0 aliphatic carbocycles. The zero-order valence-corrected chi connectivity index (χ0v) is 16.0. The van der Waals surface area contributed by atoms with Crippen molar-refractivity contribution in [3.63, 3.8) is 0 Å². The molecule has 0 saturated carbocycles. The summed E-state index contributed by atoms with van der Waals surface area (Å²) in [6.45, 7) is 4.45. The van der Waals surface area contributed by atoms with Gasteiger partial charge in [-0.15, -0.1) is 24.5 Å². The molecule has 2 rings (SSSR count). The first-order chi connectivity index (χ1) is 13.9. The lowest BCUT2D eigenvalue weighted by Crippen LogP contribution is -2.34. The van der Waals surface area contributed by atoms with Gasteiger partial charge in [0.2, 0.25) is 0 Å². The molecule has 150 valence electrons. The monoisotopic (exact) mass is 417 g/mol. The number of amides is 1. The third kappa shape index (κ3) is 5.49. The molecule has 0 spiro atoms. The van der Waals surface area contributed by atoms with Gasteiger partial charge in [0.05, 0.1) is 4.53 Å². The lowest BCUT2D eigenvalue weighted by molar-refractivity contribution is -0.115. The molecule has 6 nitrogen and oxygen atoms in total. The highest BCUT2D eigenvalue weighted by Crippen LogP contribution is 2.15. The van der Waals surface area contributed by atoms with Gasteiger partial charge in [-0.05, 0) is 23.8 Å². The third-order valence-corrected chi connectivity index (χ3v) is 4.71. The van der Waals surface area contributed by atoms with Crippen molar-refractivity contribution in [1.29, 1.82) is 5.26 Å². The predicted molar refractivity (Wildman–Crippen MR) is 107 cm³/mol. The maximum Gasteiger partial charge on any atom is 0.387 e. The molecule has 1 aromatic heterocycles. The van der Waals surface area contributed by atoms with Crippen molar-refractivity contribution in [2.75, 3.05) is 6.54 Å². The minimum absolute atomic E-state index is 0.00734. The third-order valence-electron chi connectivity index (χ3n) is 3.58. The minimum atomic E-state index is -2.93. The van der Waals surface area contributed by atoms with Crippen LogP contribution in [0.3, 0.4) is 0 Å². The van der Waals surface area contributed by atoms with Gasteiger partial charge >= 0.3 is 6.61 Å². The number of aromatic nitrogens is 1. The first-order valence-corrected chi connectivity index (χ1v) is 9.13. The van der Waals surface area contributed by atoms with E-state index in [-0.39, 0.29) is 33.6 Å². The highest BCUT2D eigenvalue weighted by molar-refractivity contribution is 7.07. The van der Waals surface area contributed by atoms with Crippen molar-refractivity contribution in [3.05, 3.63) is 74.7 Å². The fourth-order valence-electron chi connectivity index (χ4n) is 2.35. The van der Waals surface area contributed by atoms with E-state index < -0.39 is 18.1 Å². The van der Waals surface area contributed by atoms with Gasteiger partial charge in [0.1, 0.15) is 16.5 Å². The van der Waals surface area contributed by atoms with Gasteiger partial charge in [0, 0.05) is 13.1 Å². The summed E-state index contributed by atoms with van der Waals surface area (Å²) >= 11 is 0.980. The zero-order chi connectivity index (χ0) is 21.4. The van der Waals surface area contributed by atoms with Crippen molar-refractivity contribution in [2.45, 2.75) is 13.2 Å². The number of halogens is 2. The molecule has 9 heteroatoms. The van der Waals surface area contributed by atoms with Crippen molar-refractivity contribution in [1.82, 2.24) is 9.88 Å². The molecule has 0 bridgehead atoms. The van der Waals surface area contributed by atoms with Crippen LogP contribution in [-0.2, 0) is 11.3 Å². The number of thiazole rings is 1. The lowest BCUT2D eigenvalue weighted by atomic mass is 10.2. The predicted octanol–water partition coefficient (Wildman–Crippen LogP) is 1.50. The second kappa shape index (κ2) is 10.1. The molecule has 1 amide bonds. The van der Waals surface area contributed by atoms with Gasteiger partial charge in [-0.2, -0.15) is 14.0 Å². The lowest BCUT2D eigenvalue weighted by Gasteiger charge is -2.03. The topological polar surface area (TPSA) is 84.1 Å². The molecule has 0 atom stereocenters. The molecule has 0 aliphatic rings. The molecule has 0 unspecified atom stereocenters. The van der Waals surface area contributed by atoms with E-state index >= 15 is 0 Å². The summed E-state index contributed by atoms with van der Waals surface area (Å²) in [5.74, 6) is -0.626. The Morgan fingerprint density at radius 1 is 1.31 bits per heavy atom. The number of alkyl halides is 2. The number of rotatable bonds is 8. The first-order valence-electron chi connectivity index (χ1n) is 8.32. The van der Waals surface area contributed by atoms with Gasteiger partial charge in [-0.1, -0.05) is 24.3 Å². The Labute approximate surface area is 169 Å². The van der Waals surface area contributed by atoms with Crippen LogP contribution in [0.2, 0.25) is 0 Å². The Morgan fingerprint density at radius 2 is 2.00 bits per heavy atom. The van der Waals surface area contributed by atoms with Crippen LogP contribution in [0, 0.1) is 11.3 Å². The standard InChI is InChI=1S/C20H17F2N3O3S/c1-3-9-24-17(26)15(12-23)19-25(10-4-2)18(27)16(29-19)11-13-5-7-14(8-6-13)28-20(21)22/h3-8,11,20H,1-2,9-10H2,(H,24,26)/b16-11-,19-15-. The summed E-state index contributed by atoms with van der Waals surface area (Å²) in [5.41, 5.74) is -0.0323. The zero-order valence-electron chi connectivity index (χ0n) is 15.2. The van der Waals surface area contributed by atoms with Crippen molar-refractivity contribution < 1.29 is 18.3 Å². The largest absolute Gasteiger partial charge is 0.435 e. The van der Waals surface area contributed by atoms with Crippen LogP contribution in [0.1, 0.15) is 5.56 Å². The molecular weight excluding hydrogens is 400 g/mol. The van der Waals surface area contributed by atoms with Gasteiger partial charge in [-0.3, -0.25) is 14.2 Å². The smallest absolute Gasteiger partial charge is 0.387 e. The van der Waals surface area contributed by atoms with Gasteiger partial charge in [0.15, 0.2) is 5.57 Å². The summed E-state index contributed by atoms with van der Waals surface area (Å²) in [6.07, 6.45) is 4.49. The number of nitrogens with one attached hydrogen (secondary N) is 1. The Hall–Kier alpha value is -3.51. The number of nitrogens with zero attached hydrogens (tertiary/aromatic N) is 2. The molecule has 1 aromatic carbocycles. The van der Waals surface area contributed by atoms with Crippen molar-refractivity contribution in [3.8, 4) is 11.8 Å². The quantitative estimate of drug-likeness (QED) is 0.660. The maximum absolute atomic E-state index is 12.8. The molecule has 0 fully saturated rings. The Bertz CT molecular complexity index is 1130. The molecular formula is C20H17F2N3O3S. The van der Waals surface area contributed by atoms with Crippen LogP contribution in [0.4, 0.5) is 8.78 Å². The van der Waals surface area contributed by atoms with Gasteiger partial charge < -0.3 is 10.1 Å². The fourth-order valence-corrected chi connectivity index (χ4v) is 3.45. The molecule has 0 radical (unpaired) electrons. The molecule has 1 N–H and O–H groups in total. The van der Waals surface area contributed by atoms with Crippen LogP contribution in [-0.4, -0.2) is 23.6 Å². The number of ether oxygens (including phenoxy) is 1. The number of benzene rings is 1. The summed E-state index contributed by atoms with van der Waals surface area (Å²) in [4.78, 5) is 25.0. The molecule has 29 heavy (non-hydrogen) atoms. The van der Waals surface area contributed by atoms with E-state index in [4.69, 9.17) is 0 Å². The number of hydrogen-bond donors (Lipinski definition) is 1. The number of allylic oxidation sites excluding steroid dienone is 1. The fraction of sp³-hybridized carbons (Fsp3) is 0.150. The molecule has 2 aromatic rings. The highest BCUT2D eigenvalue weighted by Gasteiger charge is 2.14. The number of nitriles is 1. The van der Waals surface area contributed by atoms with E-state index in [9.17, 15) is 23.6 Å². The second-order valence-electron chi connectivity index (χ2n) is 5.55. The maximum atomic E-state index is 12.8. The summed E-state index contributed by atoms with van der Waals surface area (Å²) < 4.78 is 30.5. The summed E-state index contributed by atoms with van der Waals surface area (Å²) in [5, 5.41) is 12.0. The van der Waals surface area contributed by atoms with Crippen molar-refractivity contribution in [2.24, 2.45) is 0 Å². The van der Waals surface area contributed by atoms with E-state index in [2.05, 4.69) is 23.2 Å². The number of hydrogen-bond acceptors (Lipinski definition) is 5. The highest BCUT2D eigenvalue weighted by atomic mass is 32.1. The normalized spacial score (nSPS) is 12.3. The summed E-state index contributed by atoms with van der Waals surface area (Å²) in [7, 11) is 0. The molecule has 0 aliphatic heterocycles. The van der Waals surface area contributed by atoms with Gasteiger partial charge in [-0.25, -0.2) is 0 Å². The molecule has 0 saturated heterocycles. The number of carbonyl (C=O) groups is 1. The van der Waals surface area contributed by atoms with Crippen LogP contribution in [0.5, 0.6) is 5.75 Å². The van der Waals surface area contributed by atoms with Gasteiger partial charge in [0.25, 0.3) is 11.5 Å². The van der Waals surface area contributed by atoms with E-state index in [0.717, 1.165) is 11.3 Å². The van der Waals surface area contributed by atoms with E-state index in [1.54, 1.807) is 6.08 Å². The summed E-state index contributed by atoms with van der Waals surface area (Å²) in [6, 6.07) is 7.57. The second-order valence-corrected chi connectivity index (χ2v) is 6.58. The number of carbonyl (C=O) groups excluding carboxylic acids is 1. The Balaban J connectivity index is 2.60. The van der Waals surface area contributed by atoms with E-state index in [1.165, 1.54) is 41.0 Å². The SMILES string of the molecule is C=CCNC(=O)/C(C#N)=c1\s/c(=C\c2ccc(OC(F)F)cc2)c(=O)n1CC=C. The average Bonchev–Trinajstić information content (AvgIpc) is 2.98. The molecule has 1 heterocycles. The van der Waals surface area contributed by atoms with Crippen LogP contribution in [0.15, 0.2) is 54.4 Å². The van der Waals surface area contributed by atoms with Crippen LogP contribution in [0.25, 0.3) is 11.6 Å². The van der Waals surface area contributed by atoms with E-state index in [1.807, 2.05) is 6.07 Å². The van der Waals surface area contributed by atoms with E-state index in [0.29, 0.717) is 5.56 Å². The Kier molecular flexibility index (Phi) is 7.62. The minimum Gasteiger partial charge on any atom is -0.435 e.